The topological polar surface area (TPSA) is 33.1 Å². The minimum atomic E-state index is -4.54. The van der Waals surface area contributed by atoms with Crippen LogP contribution in [0.1, 0.15) is 5.56 Å². The molecule has 0 spiro atoms. The smallest absolute Gasteiger partial charge is 0.417 e. The van der Waals surface area contributed by atoms with Gasteiger partial charge in [0.2, 0.25) is 0 Å². The highest BCUT2D eigenvalue weighted by Crippen LogP contribution is 2.41. The summed E-state index contributed by atoms with van der Waals surface area (Å²) < 4.78 is 38.7. The molecule has 0 saturated heterocycles. The number of halogens is 5. The first-order chi connectivity index (χ1) is 8.80. The van der Waals surface area contributed by atoms with Crippen LogP contribution in [0.2, 0.25) is 10.0 Å². The second-order valence-corrected chi connectivity index (χ2v) is 4.52. The standard InChI is InChI=1S/C12H6Cl2F3NO/c13-9-4-11(19)10(14)3-6(9)7-5-18-2-1-8(7)12(15,16)17/h1-5,19H. The number of phenols is 1. The van der Waals surface area contributed by atoms with Crippen LogP contribution >= 0.6 is 23.2 Å². The molecular weight excluding hydrogens is 302 g/mol. The molecular formula is C12H6Cl2F3NO. The lowest BCUT2D eigenvalue weighted by molar-refractivity contribution is -0.137. The van der Waals surface area contributed by atoms with Crippen LogP contribution in [-0.4, -0.2) is 10.1 Å². The van der Waals surface area contributed by atoms with E-state index < -0.39 is 11.7 Å². The van der Waals surface area contributed by atoms with Gasteiger partial charge in [-0.15, -0.1) is 0 Å². The van der Waals surface area contributed by atoms with E-state index in [4.69, 9.17) is 23.2 Å². The molecule has 0 aliphatic carbocycles. The Bertz CT molecular complexity index is 629. The Hall–Kier alpha value is -1.46. The van der Waals surface area contributed by atoms with Crippen molar-refractivity contribution in [3.8, 4) is 16.9 Å². The number of aromatic hydroxyl groups is 1. The normalized spacial score (nSPS) is 11.6. The maximum absolute atomic E-state index is 12.9. The van der Waals surface area contributed by atoms with Crippen LogP contribution in [0.4, 0.5) is 13.2 Å². The highest BCUT2D eigenvalue weighted by molar-refractivity contribution is 6.36. The molecule has 0 radical (unpaired) electrons. The molecule has 1 aromatic heterocycles. The summed E-state index contributed by atoms with van der Waals surface area (Å²) in [5.41, 5.74) is -1.00. The lowest BCUT2D eigenvalue weighted by Gasteiger charge is -2.13. The lowest BCUT2D eigenvalue weighted by Crippen LogP contribution is -2.07. The molecule has 19 heavy (non-hydrogen) atoms. The largest absolute Gasteiger partial charge is 0.506 e. The average Bonchev–Trinajstić information content (AvgIpc) is 2.33. The van der Waals surface area contributed by atoms with E-state index in [2.05, 4.69) is 4.98 Å². The molecule has 0 aliphatic heterocycles. The molecule has 0 saturated carbocycles. The van der Waals surface area contributed by atoms with E-state index >= 15 is 0 Å². The summed E-state index contributed by atoms with van der Waals surface area (Å²) in [6.07, 6.45) is -2.44. The van der Waals surface area contributed by atoms with Gasteiger partial charge < -0.3 is 5.11 Å². The summed E-state index contributed by atoms with van der Waals surface area (Å²) in [6.45, 7) is 0. The van der Waals surface area contributed by atoms with Gasteiger partial charge in [0.1, 0.15) is 5.75 Å². The molecule has 2 rings (SSSR count). The van der Waals surface area contributed by atoms with E-state index in [1.165, 1.54) is 6.07 Å². The SMILES string of the molecule is Oc1cc(Cl)c(-c2cnccc2C(F)(F)F)cc1Cl. The van der Waals surface area contributed by atoms with Crippen molar-refractivity contribution in [1.82, 2.24) is 4.98 Å². The first kappa shape index (κ1) is 14.0. The second-order valence-electron chi connectivity index (χ2n) is 3.70. The van der Waals surface area contributed by atoms with Gasteiger partial charge in [0.05, 0.1) is 15.6 Å². The number of nitrogens with zero attached hydrogens (tertiary/aromatic N) is 1. The van der Waals surface area contributed by atoms with Gasteiger partial charge in [0, 0.05) is 29.6 Å². The number of aromatic nitrogens is 1. The fourth-order valence-electron chi connectivity index (χ4n) is 1.60. The molecule has 100 valence electrons. The highest BCUT2D eigenvalue weighted by atomic mass is 35.5. The summed E-state index contributed by atoms with van der Waals surface area (Å²) >= 11 is 11.5. The van der Waals surface area contributed by atoms with Crippen molar-refractivity contribution < 1.29 is 18.3 Å². The number of phenolic OH excluding ortho intramolecular Hbond substituents is 1. The molecule has 0 unspecified atom stereocenters. The summed E-state index contributed by atoms with van der Waals surface area (Å²) in [4.78, 5) is 3.66. The van der Waals surface area contributed by atoms with E-state index in [1.807, 2.05) is 0 Å². The number of hydrogen-bond acceptors (Lipinski definition) is 2. The average molecular weight is 308 g/mol. The fraction of sp³-hybridized carbons (Fsp3) is 0.0833. The van der Waals surface area contributed by atoms with E-state index in [0.29, 0.717) is 0 Å². The molecule has 0 amide bonds. The van der Waals surface area contributed by atoms with Crippen LogP contribution in [-0.2, 0) is 6.18 Å². The molecule has 1 aromatic carbocycles. The molecule has 0 bridgehead atoms. The Morgan fingerprint density at radius 3 is 2.37 bits per heavy atom. The van der Waals surface area contributed by atoms with Crippen LogP contribution in [0.3, 0.4) is 0 Å². The van der Waals surface area contributed by atoms with Crippen LogP contribution in [0.15, 0.2) is 30.6 Å². The zero-order valence-electron chi connectivity index (χ0n) is 9.17. The minimum Gasteiger partial charge on any atom is -0.506 e. The van der Waals surface area contributed by atoms with Gasteiger partial charge in [-0.3, -0.25) is 4.98 Å². The van der Waals surface area contributed by atoms with Gasteiger partial charge in [-0.1, -0.05) is 23.2 Å². The van der Waals surface area contributed by atoms with Crippen LogP contribution in [0, 0.1) is 0 Å². The molecule has 0 atom stereocenters. The number of pyridine rings is 1. The number of hydrogen-bond donors (Lipinski definition) is 1. The maximum atomic E-state index is 12.9. The molecule has 7 heteroatoms. The fourth-order valence-corrected chi connectivity index (χ4v) is 2.02. The second kappa shape index (κ2) is 4.90. The first-order valence-electron chi connectivity index (χ1n) is 5.00. The number of rotatable bonds is 1. The van der Waals surface area contributed by atoms with E-state index in [9.17, 15) is 18.3 Å². The molecule has 2 aromatic rings. The Morgan fingerprint density at radius 2 is 1.74 bits per heavy atom. The predicted octanol–water partition coefficient (Wildman–Crippen LogP) is 4.78. The third-order valence-electron chi connectivity index (χ3n) is 2.45. The van der Waals surface area contributed by atoms with Crippen LogP contribution in [0.5, 0.6) is 5.75 Å². The van der Waals surface area contributed by atoms with Gasteiger partial charge in [-0.05, 0) is 12.1 Å². The number of alkyl halides is 3. The summed E-state index contributed by atoms with van der Waals surface area (Å²) in [5.74, 6) is -0.298. The highest BCUT2D eigenvalue weighted by Gasteiger charge is 2.34. The van der Waals surface area contributed by atoms with Crippen molar-refractivity contribution in [3.63, 3.8) is 0 Å². The molecule has 1 heterocycles. The molecule has 1 N–H and O–H groups in total. The quantitative estimate of drug-likeness (QED) is 0.822. The molecule has 0 aliphatic rings. The summed E-state index contributed by atoms with van der Waals surface area (Å²) in [7, 11) is 0. The van der Waals surface area contributed by atoms with Crippen molar-refractivity contribution >= 4 is 23.2 Å². The van der Waals surface area contributed by atoms with Gasteiger partial charge in [0.25, 0.3) is 0 Å². The third-order valence-corrected chi connectivity index (χ3v) is 3.07. The van der Waals surface area contributed by atoms with Gasteiger partial charge >= 0.3 is 6.18 Å². The van der Waals surface area contributed by atoms with Crippen molar-refractivity contribution in [2.45, 2.75) is 6.18 Å². The van der Waals surface area contributed by atoms with Gasteiger partial charge in [-0.2, -0.15) is 13.2 Å². The summed E-state index contributed by atoms with van der Waals surface area (Å²) in [6, 6.07) is 3.12. The number of benzene rings is 1. The van der Waals surface area contributed by atoms with Crippen molar-refractivity contribution in [1.29, 1.82) is 0 Å². The Labute approximate surface area is 116 Å². The first-order valence-corrected chi connectivity index (χ1v) is 5.76. The lowest BCUT2D eigenvalue weighted by atomic mass is 10.0. The van der Waals surface area contributed by atoms with E-state index in [1.54, 1.807) is 0 Å². The van der Waals surface area contributed by atoms with E-state index in [0.717, 1.165) is 24.5 Å². The Kier molecular flexibility index (Phi) is 3.60. The van der Waals surface area contributed by atoms with Crippen molar-refractivity contribution in [3.05, 3.63) is 46.2 Å². The monoisotopic (exact) mass is 307 g/mol. The van der Waals surface area contributed by atoms with Crippen LogP contribution in [0.25, 0.3) is 11.1 Å². The van der Waals surface area contributed by atoms with Crippen molar-refractivity contribution in [2.24, 2.45) is 0 Å². The Balaban J connectivity index is 2.70. The minimum absolute atomic E-state index is 0.0413. The predicted molar refractivity (Wildman–Crippen MR) is 66.4 cm³/mol. The third kappa shape index (κ3) is 2.77. The molecule has 2 nitrogen and oxygen atoms in total. The maximum Gasteiger partial charge on any atom is 0.417 e. The van der Waals surface area contributed by atoms with Gasteiger partial charge in [-0.25, -0.2) is 0 Å². The Morgan fingerprint density at radius 1 is 1.05 bits per heavy atom. The zero-order valence-corrected chi connectivity index (χ0v) is 10.7. The summed E-state index contributed by atoms with van der Waals surface area (Å²) in [5, 5.41) is 9.22. The van der Waals surface area contributed by atoms with E-state index in [-0.39, 0.29) is 26.9 Å². The van der Waals surface area contributed by atoms with Gasteiger partial charge in [0.15, 0.2) is 0 Å². The van der Waals surface area contributed by atoms with Crippen LogP contribution < -0.4 is 0 Å². The zero-order chi connectivity index (χ0) is 14.2. The molecule has 0 fully saturated rings. The van der Waals surface area contributed by atoms with Crippen molar-refractivity contribution in [2.75, 3.05) is 0 Å².